The van der Waals surface area contributed by atoms with E-state index in [1.54, 1.807) is 0 Å². The molecular formula is C4H11N3O. The van der Waals surface area contributed by atoms with E-state index in [1.807, 2.05) is 0 Å². The Hall–Kier alpha value is -0.160. The maximum atomic E-state index is 5.41. The summed E-state index contributed by atoms with van der Waals surface area (Å²) in [6.07, 6.45) is -0.169. The summed E-state index contributed by atoms with van der Waals surface area (Å²) >= 11 is 0. The lowest BCUT2D eigenvalue weighted by Gasteiger charge is -2.25. The first-order valence-electron chi connectivity index (χ1n) is 2.64. The maximum absolute atomic E-state index is 5.41. The van der Waals surface area contributed by atoms with E-state index >= 15 is 0 Å². The second-order valence-corrected chi connectivity index (χ2v) is 1.92. The zero-order valence-electron chi connectivity index (χ0n) is 4.63. The van der Waals surface area contributed by atoms with E-state index in [0.29, 0.717) is 13.2 Å². The molecule has 0 radical (unpaired) electrons. The van der Waals surface area contributed by atoms with Gasteiger partial charge in [-0.2, -0.15) is 0 Å². The molecule has 2 atom stereocenters. The molecule has 5 N–H and O–H groups in total. The molecule has 1 fully saturated rings. The Morgan fingerprint density at radius 3 is 2.00 bits per heavy atom. The number of nitrogens with two attached hydrogens (primary N) is 2. The van der Waals surface area contributed by atoms with Crippen molar-refractivity contribution in [2.24, 2.45) is 11.5 Å². The minimum Gasteiger partial charge on any atom is -0.375 e. The first kappa shape index (κ1) is 5.97. The summed E-state index contributed by atoms with van der Waals surface area (Å²) in [5.74, 6) is 0. The van der Waals surface area contributed by atoms with Gasteiger partial charge in [0.15, 0.2) is 0 Å². The van der Waals surface area contributed by atoms with Gasteiger partial charge in [0.05, 0.1) is 25.5 Å². The van der Waals surface area contributed by atoms with Crippen LogP contribution in [0.15, 0.2) is 0 Å². The number of rotatable bonds is 0. The lowest BCUT2D eigenvalue weighted by molar-refractivity contribution is 0.0492. The number of hydrogen-bond donors (Lipinski definition) is 3. The van der Waals surface area contributed by atoms with Gasteiger partial charge < -0.3 is 16.2 Å². The first-order valence-corrected chi connectivity index (χ1v) is 2.64. The molecule has 4 nitrogen and oxygen atoms in total. The van der Waals surface area contributed by atoms with Gasteiger partial charge in [-0.25, -0.2) is 0 Å². The minimum absolute atomic E-state index is 0.0845. The molecule has 0 aliphatic carbocycles. The molecule has 0 spiro atoms. The topological polar surface area (TPSA) is 73.3 Å². The summed E-state index contributed by atoms with van der Waals surface area (Å²) in [6, 6.07) is 0. The Morgan fingerprint density at radius 1 is 1.25 bits per heavy atom. The van der Waals surface area contributed by atoms with Crippen LogP contribution < -0.4 is 16.8 Å². The van der Waals surface area contributed by atoms with Crippen LogP contribution >= 0.6 is 0 Å². The van der Waals surface area contributed by atoms with Gasteiger partial charge in [-0.15, -0.1) is 0 Å². The monoisotopic (exact) mass is 117 g/mol. The summed E-state index contributed by atoms with van der Waals surface area (Å²) in [5.41, 5.74) is 10.8. The summed E-state index contributed by atoms with van der Waals surface area (Å²) in [7, 11) is 0. The van der Waals surface area contributed by atoms with E-state index in [4.69, 9.17) is 16.2 Å². The Balaban J connectivity index is 2.23. The van der Waals surface area contributed by atoms with Crippen molar-refractivity contribution < 1.29 is 4.74 Å². The van der Waals surface area contributed by atoms with Gasteiger partial charge in [-0.05, 0) is 0 Å². The third-order valence-corrected chi connectivity index (χ3v) is 1.02. The average molecular weight is 117 g/mol. The van der Waals surface area contributed by atoms with Crippen molar-refractivity contribution in [3.8, 4) is 0 Å². The molecule has 1 rings (SSSR count). The normalized spacial score (nSPS) is 39.8. The lowest BCUT2D eigenvalue weighted by Crippen LogP contribution is -2.57. The smallest absolute Gasteiger partial charge is 0.0800 e. The molecule has 1 aliphatic rings. The van der Waals surface area contributed by atoms with Crippen LogP contribution in [0.1, 0.15) is 0 Å². The van der Waals surface area contributed by atoms with Crippen LogP contribution in [0, 0.1) is 0 Å². The summed E-state index contributed by atoms with van der Waals surface area (Å²) in [4.78, 5) is 0. The van der Waals surface area contributed by atoms with Crippen LogP contribution in [-0.2, 0) is 4.74 Å². The molecule has 0 aromatic rings. The molecule has 8 heavy (non-hydrogen) atoms. The van der Waals surface area contributed by atoms with Crippen molar-refractivity contribution in [3.05, 3.63) is 0 Å². The highest BCUT2D eigenvalue weighted by Crippen LogP contribution is 1.88. The molecule has 1 heterocycles. The molecule has 1 saturated heterocycles. The molecule has 0 amide bonds. The second kappa shape index (κ2) is 2.41. The lowest BCUT2D eigenvalue weighted by atomic mass is 10.4. The first-order chi connectivity index (χ1) is 3.79. The Bertz CT molecular complexity index is 69.7. The largest absolute Gasteiger partial charge is 0.375 e. The van der Waals surface area contributed by atoms with Crippen molar-refractivity contribution >= 4 is 0 Å². The van der Waals surface area contributed by atoms with Crippen molar-refractivity contribution in [2.75, 3.05) is 13.2 Å². The molecule has 0 bridgehead atoms. The van der Waals surface area contributed by atoms with Crippen molar-refractivity contribution in [1.29, 1.82) is 0 Å². The SMILES string of the molecule is NC1COCC(N)N1. The molecule has 0 aromatic carbocycles. The van der Waals surface area contributed by atoms with Crippen LogP contribution in [0.5, 0.6) is 0 Å². The predicted molar refractivity (Wildman–Crippen MR) is 29.9 cm³/mol. The zero-order chi connectivity index (χ0) is 5.98. The van der Waals surface area contributed by atoms with Gasteiger partial charge in [0.1, 0.15) is 0 Å². The van der Waals surface area contributed by atoms with Crippen molar-refractivity contribution in [1.82, 2.24) is 5.32 Å². The van der Waals surface area contributed by atoms with E-state index in [2.05, 4.69) is 5.32 Å². The third kappa shape index (κ3) is 1.41. The highest BCUT2D eigenvalue weighted by molar-refractivity contribution is 4.68. The van der Waals surface area contributed by atoms with Gasteiger partial charge in [0.25, 0.3) is 0 Å². The molecule has 2 unspecified atom stereocenters. The van der Waals surface area contributed by atoms with E-state index in [9.17, 15) is 0 Å². The minimum atomic E-state index is -0.0845. The number of hydrogen-bond acceptors (Lipinski definition) is 4. The van der Waals surface area contributed by atoms with Crippen LogP contribution in [0.2, 0.25) is 0 Å². The fourth-order valence-corrected chi connectivity index (χ4v) is 0.693. The summed E-state index contributed by atoms with van der Waals surface area (Å²) < 4.78 is 4.98. The Labute approximate surface area is 48.2 Å². The molecule has 4 heteroatoms. The number of ether oxygens (including phenoxy) is 1. The van der Waals surface area contributed by atoms with E-state index in [0.717, 1.165) is 0 Å². The quantitative estimate of drug-likeness (QED) is 0.349. The molecule has 1 aliphatic heterocycles. The van der Waals surface area contributed by atoms with E-state index in [-0.39, 0.29) is 12.3 Å². The van der Waals surface area contributed by atoms with Crippen LogP contribution in [-0.4, -0.2) is 25.5 Å². The summed E-state index contributed by atoms with van der Waals surface area (Å²) in [5, 5.41) is 2.91. The van der Waals surface area contributed by atoms with Crippen LogP contribution in [0.3, 0.4) is 0 Å². The zero-order valence-corrected chi connectivity index (χ0v) is 4.63. The molecule has 48 valence electrons. The van der Waals surface area contributed by atoms with Gasteiger partial charge >= 0.3 is 0 Å². The molecule has 0 saturated carbocycles. The fraction of sp³-hybridized carbons (Fsp3) is 1.00. The summed E-state index contributed by atoms with van der Waals surface area (Å²) in [6.45, 7) is 1.13. The number of morpholine rings is 1. The number of nitrogens with one attached hydrogen (secondary N) is 1. The standard InChI is InChI=1S/C4H11N3O/c5-3-1-8-2-4(6)7-3/h3-4,7H,1-2,5-6H2. The molecular weight excluding hydrogens is 106 g/mol. The average Bonchev–Trinajstić information content (AvgIpc) is 1.64. The Kier molecular flexibility index (Phi) is 1.80. The van der Waals surface area contributed by atoms with E-state index < -0.39 is 0 Å². The van der Waals surface area contributed by atoms with Gasteiger partial charge in [0, 0.05) is 0 Å². The van der Waals surface area contributed by atoms with Gasteiger partial charge in [-0.1, -0.05) is 0 Å². The third-order valence-electron chi connectivity index (χ3n) is 1.02. The van der Waals surface area contributed by atoms with E-state index in [1.165, 1.54) is 0 Å². The predicted octanol–water partition coefficient (Wildman–Crippen LogP) is -1.82. The highest BCUT2D eigenvalue weighted by atomic mass is 16.5. The highest BCUT2D eigenvalue weighted by Gasteiger charge is 2.13. The van der Waals surface area contributed by atoms with Crippen molar-refractivity contribution in [2.45, 2.75) is 12.3 Å². The molecule has 0 aromatic heterocycles. The second-order valence-electron chi connectivity index (χ2n) is 1.92. The van der Waals surface area contributed by atoms with Crippen LogP contribution in [0.4, 0.5) is 0 Å². The van der Waals surface area contributed by atoms with Gasteiger partial charge in [0.2, 0.25) is 0 Å². The maximum Gasteiger partial charge on any atom is 0.0800 e. The van der Waals surface area contributed by atoms with Gasteiger partial charge in [-0.3, -0.25) is 5.32 Å². The van der Waals surface area contributed by atoms with Crippen LogP contribution in [0.25, 0.3) is 0 Å². The Morgan fingerprint density at radius 2 is 1.75 bits per heavy atom. The van der Waals surface area contributed by atoms with Crippen molar-refractivity contribution in [3.63, 3.8) is 0 Å². The fourth-order valence-electron chi connectivity index (χ4n) is 0.693.